The first-order chi connectivity index (χ1) is 17.3. The van der Waals surface area contributed by atoms with E-state index >= 15 is 0 Å². The molecule has 1 N–H and O–H groups in total. The Bertz CT molecular complexity index is 1870. The molecule has 0 aliphatic rings. The molecule has 5 aromatic carbocycles. The normalized spacial score (nSPS) is 11.8. The molecule has 0 bridgehead atoms. The molecule has 0 spiro atoms. The molecule has 2 nitrogen and oxygen atoms in total. The molecule has 0 radical (unpaired) electrons. The minimum absolute atomic E-state index is 1.10. The van der Waals surface area contributed by atoms with E-state index in [4.69, 9.17) is 0 Å². The van der Waals surface area contributed by atoms with Crippen LogP contribution in [0.1, 0.15) is 18.9 Å². The maximum Gasteiger partial charge on any atom is 0.0541 e. The van der Waals surface area contributed by atoms with Crippen LogP contribution in [0.5, 0.6) is 0 Å². The van der Waals surface area contributed by atoms with Gasteiger partial charge in [-0.3, -0.25) is 0 Å². The highest BCUT2D eigenvalue weighted by Gasteiger charge is 2.14. The van der Waals surface area contributed by atoms with Gasteiger partial charge in [-0.05, 0) is 71.6 Å². The van der Waals surface area contributed by atoms with Gasteiger partial charge in [-0.2, -0.15) is 0 Å². The number of rotatable bonds is 4. The van der Waals surface area contributed by atoms with Gasteiger partial charge in [0.2, 0.25) is 0 Å². The monoisotopic (exact) mass is 450 g/mol. The Hall–Kier alpha value is -4.30. The number of benzene rings is 5. The summed E-state index contributed by atoms with van der Waals surface area (Å²) < 4.78 is 2.41. The quantitative estimate of drug-likeness (QED) is 0.276. The lowest BCUT2D eigenvalue weighted by Gasteiger charge is -2.10. The average Bonchev–Trinajstić information content (AvgIpc) is 3.44. The molecule has 0 atom stereocenters. The number of aromatic amines is 1. The van der Waals surface area contributed by atoms with Crippen molar-refractivity contribution in [3.05, 3.63) is 115 Å². The number of H-pyrrole nitrogens is 1. The maximum atomic E-state index is 3.54. The van der Waals surface area contributed by atoms with Crippen molar-refractivity contribution in [2.75, 3.05) is 0 Å². The Labute approximate surface area is 204 Å². The minimum Gasteiger partial charge on any atom is -0.355 e. The first-order valence-electron chi connectivity index (χ1n) is 12.4. The predicted molar refractivity (Wildman–Crippen MR) is 150 cm³/mol. The Morgan fingerprint density at radius 2 is 1.29 bits per heavy atom. The molecule has 2 heteroatoms. The third-order valence-electron chi connectivity index (χ3n) is 7.22. The standard InChI is InChI=1S/C33H26N2/c1-2-8-22-9-7-10-25(19-22)35-32-14-6-4-12-27(32)29-21-24(16-18-33(29)35)23-15-17-31-28(20-23)26-11-3-5-13-30(26)34-31/h3-7,9-21,34H,2,8H2,1H3. The van der Waals surface area contributed by atoms with Gasteiger partial charge in [-0.15, -0.1) is 0 Å². The van der Waals surface area contributed by atoms with Crippen LogP contribution in [0.2, 0.25) is 0 Å². The van der Waals surface area contributed by atoms with Gasteiger partial charge in [-0.1, -0.05) is 74.0 Å². The van der Waals surface area contributed by atoms with Crippen LogP contribution in [0, 0.1) is 0 Å². The zero-order chi connectivity index (χ0) is 23.4. The van der Waals surface area contributed by atoms with E-state index in [1.807, 2.05) is 0 Å². The fourth-order valence-electron chi connectivity index (χ4n) is 5.60. The van der Waals surface area contributed by atoms with Gasteiger partial charge in [0.15, 0.2) is 0 Å². The molecule has 7 aromatic rings. The van der Waals surface area contributed by atoms with Crippen molar-refractivity contribution in [2.45, 2.75) is 19.8 Å². The van der Waals surface area contributed by atoms with Crippen LogP contribution < -0.4 is 0 Å². The summed E-state index contributed by atoms with van der Waals surface area (Å²) >= 11 is 0. The van der Waals surface area contributed by atoms with E-state index in [0.717, 1.165) is 12.8 Å². The summed E-state index contributed by atoms with van der Waals surface area (Å²) in [6.07, 6.45) is 2.26. The van der Waals surface area contributed by atoms with Crippen LogP contribution in [0.3, 0.4) is 0 Å². The topological polar surface area (TPSA) is 20.7 Å². The fourth-order valence-corrected chi connectivity index (χ4v) is 5.60. The van der Waals surface area contributed by atoms with Crippen LogP contribution in [0.25, 0.3) is 60.4 Å². The van der Waals surface area contributed by atoms with Gasteiger partial charge >= 0.3 is 0 Å². The largest absolute Gasteiger partial charge is 0.355 e. The molecular weight excluding hydrogens is 424 g/mol. The van der Waals surface area contributed by atoms with Crippen molar-refractivity contribution >= 4 is 43.6 Å². The summed E-state index contributed by atoms with van der Waals surface area (Å²) in [6, 6.07) is 40.0. The second-order valence-electron chi connectivity index (χ2n) is 9.44. The smallest absolute Gasteiger partial charge is 0.0541 e. The number of hydrogen-bond donors (Lipinski definition) is 1. The molecule has 0 amide bonds. The van der Waals surface area contributed by atoms with Crippen LogP contribution in [0.4, 0.5) is 0 Å². The molecule has 7 rings (SSSR count). The fraction of sp³-hybridized carbons (Fsp3) is 0.0909. The minimum atomic E-state index is 1.10. The van der Waals surface area contributed by atoms with E-state index in [0.29, 0.717) is 0 Å². The second kappa shape index (κ2) is 7.89. The zero-order valence-electron chi connectivity index (χ0n) is 19.8. The Morgan fingerprint density at radius 3 is 2.17 bits per heavy atom. The SMILES string of the molecule is CCCc1cccc(-n2c3ccccc3c3cc(-c4ccc5[nH]c6ccccc6c5c4)ccc32)c1. The number of aromatic nitrogens is 2. The molecular formula is C33H26N2. The first-order valence-corrected chi connectivity index (χ1v) is 12.4. The highest BCUT2D eigenvalue weighted by atomic mass is 15.0. The Morgan fingerprint density at radius 1 is 0.571 bits per heavy atom. The lowest BCUT2D eigenvalue weighted by molar-refractivity contribution is 0.919. The molecule has 0 fully saturated rings. The highest BCUT2D eigenvalue weighted by molar-refractivity contribution is 6.11. The third-order valence-corrected chi connectivity index (χ3v) is 7.22. The first kappa shape index (κ1) is 20.1. The molecule has 2 heterocycles. The zero-order valence-corrected chi connectivity index (χ0v) is 19.8. The number of fused-ring (bicyclic) bond motifs is 6. The van der Waals surface area contributed by atoms with Gasteiger partial charge < -0.3 is 9.55 Å². The lowest BCUT2D eigenvalue weighted by Crippen LogP contribution is -1.95. The van der Waals surface area contributed by atoms with Gasteiger partial charge in [0, 0.05) is 38.3 Å². The van der Waals surface area contributed by atoms with Crippen molar-refractivity contribution < 1.29 is 0 Å². The van der Waals surface area contributed by atoms with Gasteiger partial charge in [0.25, 0.3) is 0 Å². The average molecular weight is 451 g/mol. The summed E-state index contributed by atoms with van der Waals surface area (Å²) in [5.41, 5.74) is 9.97. The van der Waals surface area contributed by atoms with E-state index < -0.39 is 0 Å². The van der Waals surface area contributed by atoms with Crippen molar-refractivity contribution in [1.29, 1.82) is 0 Å². The van der Waals surface area contributed by atoms with E-state index in [1.54, 1.807) is 0 Å². The number of nitrogens with zero attached hydrogens (tertiary/aromatic N) is 1. The molecule has 0 saturated carbocycles. The number of nitrogens with one attached hydrogen (secondary N) is 1. The molecule has 0 aliphatic heterocycles. The molecule has 35 heavy (non-hydrogen) atoms. The Kier molecular flexibility index (Phi) is 4.53. The molecule has 0 aliphatic carbocycles. The van der Waals surface area contributed by atoms with Gasteiger partial charge in [-0.25, -0.2) is 0 Å². The molecule has 0 unspecified atom stereocenters. The van der Waals surface area contributed by atoms with Gasteiger partial charge in [0.05, 0.1) is 11.0 Å². The number of hydrogen-bond acceptors (Lipinski definition) is 0. The molecule has 0 saturated heterocycles. The van der Waals surface area contributed by atoms with Crippen LogP contribution in [0.15, 0.2) is 109 Å². The van der Waals surface area contributed by atoms with Crippen molar-refractivity contribution in [3.8, 4) is 16.8 Å². The highest BCUT2D eigenvalue weighted by Crippen LogP contribution is 2.36. The van der Waals surface area contributed by atoms with E-state index in [-0.39, 0.29) is 0 Å². The van der Waals surface area contributed by atoms with Crippen molar-refractivity contribution in [1.82, 2.24) is 9.55 Å². The summed E-state index contributed by atoms with van der Waals surface area (Å²) in [7, 11) is 0. The number of aryl methyl sites for hydroxylation is 1. The van der Waals surface area contributed by atoms with Gasteiger partial charge in [0.1, 0.15) is 0 Å². The Balaban J connectivity index is 1.44. The number of para-hydroxylation sites is 2. The van der Waals surface area contributed by atoms with Crippen molar-refractivity contribution in [2.24, 2.45) is 0 Å². The summed E-state index contributed by atoms with van der Waals surface area (Å²) in [5, 5.41) is 5.12. The summed E-state index contributed by atoms with van der Waals surface area (Å²) in [5.74, 6) is 0. The van der Waals surface area contributed by atoms with E-state index in [1.165, 1.54) is 66.0 Å². The van der Waals surface area contributed by atoms with Crippen molar-refractivity contribution in [3.63, 3.8) is 0 Å². The summed E-state index contributed by atoms with van der Waals surface area (Å²) in [6.45, 7) is 2.24. The van der Waals surface area contributed by atoms with Crippen LogP contribution in [-0.4, -0.2) is 9.55 Å². The third kappa shape index (κ3) is 3.18. The van der Waals surface area contributed by atoms with E-state index in [9.17, 15) is 0 Å². The second-order valence-corrected chi connectivity index (χ2v) is 9.44. The van der Waals surface area contributed by atoms with Crippen LogP contribution in [-0.2, 0) is 6.42 Å². The van der Waals surface area contributed by atoms with Crippen LogP contribution >= 0.6 is 0 Å². The maximum absolute atomic E-state index is 3.54. The van der Waals surface area contributed by atoms with E-state index in [2.05, 4.69) is 126 Å². The lowest BCUT2D eigenvalue weighted by atomic mass is 10.0. The molecule has 168 valence electrons. The predicted octanol–water partition coefficient (Wildman–Crippen LogP) is 9.04. The summed E-state index contributed by atoms with van der Waals surface area (Å²) in [4.78, 5) is 3.54. The molecule has 2 aromatic heterocycles.